The predicted octanol–water partition coefficient (Wildman–Crippen LogP) is 2.34. The standard InChI is InChI=1S/C21H17F5N6O/c1-31-9-13(3-7-18(31)33)32-10-14(12-2-4-16(20(22)23)27-8-12)19-15(30-32)5-6-17(29-19)28-11-21(24,25)26/h2-9,20H,10-11H2,1H3,(H,28,29). The monoisotopic (exact) mass is 464 g/mol. The minimum atomic E-state index is -4.43. The van der Waals surface area contributed by atoms with Gasteiger partial charge >= 0.3 is 6.18 Å². The molecule has 0 unspecified atom stereocenters. The van der Waals surface area contributed by atoms with Crippen LogP contribution in [-0.2, 0) is 7.05 Å². The molecule has 1 aliphatic heterocycles. The number of hydrogen-bond donors (Lipinski definition) is 1. The van der Waals surface area contributed by atoms with Gasteiger partial charge in [0, 0.05) is 36.6 Å². The van der Waals surface area contributed by atoms with Crippen LogP contribution in [0.3, 0.4) is 0 Å². The predicted molar refractivity (Wildman–Crippen MR) is 110 cm³/mol. The first-order chi connectivity index (χ1) is 15.6. The van der Waals surface area contributed by atoms with Crippen LogP contribution in [0.2, 0.25) is 0 Å². The zero-order chi connectivity index (χ0) is 23.8. The Hall–Kier alpha value is -3.83. The molecule has 1 N–H and O–H groups in total. The molecule has 0 spiro atoms. The molecule has 3 aromatic rings. The Morgan fingerprint density at radius 1 is 1.12 bits per heavy atom. The summed E-state index contributed by atoms with van der Waals surface area (Å²) in [6.07, 6.45) is -4.32. The van der Waals surface area contributed by atoms with Gasteiger partial charge in [-0.15, -0.1) is 0 Å². The second kappa shape index (κ2) is 8.60. The Morgan fingerprint density at radius 3 is 2.55 bits per heavy atom. The third-order valence-electron chi connectivity index (χ3n) is 4.89. The van der Waals surface area contributed by atoms with Gasteiger partial charge in [0.1, 0.15) is 23.4 Å². The van der Waals surface area contributed by atoms with Gasteiger partial charge in [-0.05, 0) is 24.3 Å². The van der Waals surface area contributed by atoms with E-state index in [1.165, 1.54) is 41.1 Å². The van der Waals surface area contributed by atoms with Crippen molar-refractivity contribution in [3.05, 3.63) is 81.1 Å². The van der Waals surface area contributed by atoms with Gasteiger partial charge < -0.3 is 9.88 Å². The van der Waals surface area contributed by atoms with Gasteiger partial charge in [0.05, 0.1) is 17.6 Å². The van der Waals surface area contributed by atoms with Crippen LogP contribution in [0.5, 0.6) is 0 Å². The first kappa shape index (κ1) is 22.4. The number of fused-ring (bicyclic) bond motifs is 1. The zero-order valence-electron chi connectivity index (χ0n) is 17.1. The molecule has 0 atom stereocenters. The third-order valence-corrected chi connectivity index (χ3v) is 4.89. The number of nitrogens with one attached hydrogen (secondary N) is 1. The van der Waals surface area contributed by atoms with E-state index in [4.69, 9.17) is 0 Å². The first-order valence-corrected chi connectivity index (χ1v) is 9.69. The molecule has 12 heteroatoms. The molecular weight excluding hydrogens is 447 g/mol. The lowest BCUT2D eigenvalue weighted by molar-refractivity contribution is -0.115. The summed E-state index contributed by atoms with van der Waals surface area (Å²) < 4.78 is 65.1. The topological polar surface area (TPSA) is 75.4 Å². The van der Waals surface area contributed by atoms with E-state index in [0.717, 1.165) is 0 Å². The summed E-state index contributed by atoms with van der Waals surface area (Å²) in [4.78, 5) is 19.8. The lowest BCUT2D eigenvalue weighted by atomic mass is 10.1. The zero-order valence-corrected chi connectivity index (χ0v) is 17.1. The van der Waals surface area contributed by atoms with Gasteiger partial charge in [0.15, 0.2) is 0 Å². The van der Waals surface area contributed by atoms with E-state index < -0.39 is 24.8 Å². The molecule has 0 fully saturated rings. The molecule has 7 nitrogen and oxygen atoms in total. The average molecular weight is 464 g/mol. The number of halogens is 5. The molecule has 0 saturated carbocycles. The minimum absolute atomic E-state index is 0.00788. The highest BCUT2D eigenvalue weighted by Gasteiger charge is 2.27. The molecule has 0 radical (unpaired) electrons. The molecule has 1 aliphatic rings. The van der Waals surface area contributed by atoms with Gasteiger partial charge in [0.2, 0.25) is 5.56 Å². The molecule has 4 rings (SSSR count). The Morgan fingerprint density at radius 2 is 1.91 bits per heavy atom. The van der Waals surface area contributed by atoms with Gasteiger partial charge in [-0.1, -0.05) is 6.07 Å². The number of pyridine rings is 3. The number of rotatable bonds is 5. The van der Waals surface area contributed by atoms with E-state index in [1.807, 2.05) is 0 Å². The minimum Gasteiger partial charge on any atom is -0.361 e. The summed E-state index contributed by atoms with van der Waals surface area (Å²) in [5.41, 5.74) is 0.957. The summed E-state index contributed by atoms with van der Waals surface area (Å²) in [5, 5.41) is 8.98. The Kier molecular flexibility index (Phi) is 5.83. The van der Waals surface area contributed by atoms with E-state index in [1.54, 1.807) is 24.3 Å². The fourth-order valence-electron chi connectivity index (χ4n) is 3.26. The summed E-state index contributed by atoms with van der Waals surface area (Å²) in [6, 6.07) is 8.47. The smallest absolute Gasteiger partial charge is 0.361 e. The van der Waals surface area contributed by atoms with Crippen LogP contribution in [0.4, 0.5) is 33.5 Å². The number of aromatic nitrogens is 3. The van der Waals surface area contributed by atoms with E-state index in [9.17, 15) is 26.7 Å². The number of alkyl halides is 5. The molecular formula is C21H17F5N6O. The van der Waals surface area contributed by atoms with Crippen LogP contribution in [0.15, 0.2) is 58.7 Å². The maximum atomic E-state index is 12.9. The van der Waals surface area contributed by atoms with Crippen molar-refractivity contribution in [1.82, 2.24) is 14.5 Å². The van der Waals surface area contributed by atoms with Crippen LogP contribution in [0, 0.1) is 0 Å². The van der Waals surface area contributed by atoms with Crippen molar-refractivity contribution in [2.75, 3.05) is 23.4 Å². The van der Waals surface area contributed by atoms with Crippen molar-refractivity contribution >= 4 is 17.1 Å². The molecule has 0 bridgehead atoms. The van der Waals surface area contributed by atoms with Crippen molar-refractivity contribution < 1.29 is 22.0 Å². The van der Waals surface area contributed by atoms with Crippen molar-refractivity contribution in [3.63, 3.8) is 0 Å². The quantitative estimate of drug-likeness (QED) is 0.587. The highest BCUT2D eigenvalue weighted by Crippen LogP contribution is 2.22. The van der Waals surface area contributed by atoms with Crippen LogP contribution in [0.1, 0.15) is 17.7 Å². The number of aryl methyl sites for hydroxylation is 1. The van der Waals surface area contributed by atoms with Crippen LogP contribution in [0.25, 0.3) is 5.57 Å². The maximum absolute atomic E-state index is 12.9. The number of nitrogens with zero attached hydrogens (tertiary/aromatic N) is 5. The molecule has 0 aromatic carbocycles. The van der Waals surface area contributed by atoms with Crippen molar-refractivity contribution in [2.45, 2.75) is 12.6 Å². The second-order valence-corrected chi connectivity index (χ2v) is 7.28. The van der Waals surface area contributed by atoms with Gasteiger partial charge in [-0.3, -0.25) is 14.8 Å². The Labute approximate surface area is 183 Å². The second-order valence-electron chi connectivity index (χ2n) is 7.28. The molecule has 4 heterocycles. The molecule has 0 aliphatic carbocycles. The fourth-order valence-corrected chi connectivity index (χ4v) is 3.26. The highest BCUT2D eigenvalue weighted by molar-refractivity contribution is 5.69. The van der Waals surface area contributed by atoms with E-state index >= 15 is 0 Å². The Balaban J connectivity index is 1.83. The van der Waals surface area contributed by atoms with Gasteiger partial charge in [-0.25, -0.2) is 13.8 Å². The fraction of sp³-hybridized carbons (Fsp3) is 0.238. The lowest BCUT2D eigenvalue weighted by Crippen LogP contribution is -2.42. The third kappa shape index (κ3) is 4.99. The van der Waals surface area contributed by atoms with E-state index in [-0.39, 0.29) is 17.9 Å². The summed E-state index contributed by atoms with van der Waals surface area (Å²) in [6.45, 7) is -1.14. The molecule has 3 aromatic heterocycles. The first-order valence-electron chi connectivity index (χ1n) is 9.69. The normalized spacial score (nSPS) is 13.7. The number of hydrogen-bond acceptors (Lipinski definition) is 6. The van der Waals surface area contributed by atoms with Gasteiger partial charge in [0.25, 0.3) is 6.43 Å². The van der Waals surface area contributed by atoms with Crippen LogP contribution < -0.4 is 26.6 Å². The molecule has 0 amide bonds. The van der Waals surface area contributed by atoms with E-state index in [0.29, 0.717) is 27.5 Å². The van der Waals surface area contributed by atoms with E-state index in [2.05, 4.69) is 20.4 Å². The van der Waals surface area contributed by atoms with Gasteiger partial charge in [-0.2, -0.15) is 18.3 Å². The Bertz CT molecular complexity index is 1350. The molecule has 0 saturated heterocycles. The highest BCUT2D eigenvalue weighted by atomic mass is 19.4. The average Bonchev–Trinajstić information content (AvgIpc) is 2.78. The number of anilines is 2. The SMILES string of the molecule is Cn1cc(N2CC(c3ccc(C(F)F)nc3)=c3nc(NCC(F)(F)F)ccc3=N2)ccc1=O. The van der Waals surface area contributed by atoms with Crippen LogP contribution >= 0.6 is 0 Å². The molecule has 33 heavy (non-hydrogen) atoms. The summed E-state index contributed by atoms with van der Waals surface area (Å²) >= 11 is 0. The van der Waals surface area contributed by atoms with Crippen LogP contribution in [-0.4, -0.2) is 33.8 Å². The van der Waals surface area contributed by atoms with Crippen molar-refractivity contribution in [1.29, 1.82) is 0 Å². The molecule has 172 valence electrons. The van der Waals surface area contributed by atoms with Crippen molar-refractivity contribution in [2.24, 2.45) is 12.1 Å². The van der Waals surface area contributed by atoms with Crippen molar-refractivity contribution in [3.8, 4) is 0 Å². The lowest BCUT2D eigenvalue weighted by Gasteiger charge is -2.24. The largest absolute Gasteiger partial charge is 0.405 e. The summed E-state index contributed by atoms with van der Waals surface area (Å²) in [7, 11) is 1.58. The summed E-state index contributed by atoms with van der Waals surface area (Å²) in [5.74, 6) is -0.00788. The maximum Gasteiger partial charge on any atom is 0.405 e.